The van der Waals surface area contributed by atoms with E-state index in [2.05, 4.69) is 47.5 Å². The lowest BCUT2D eigenvalue weighted by Gasteiger charge is -2.13. The van der Waals surface area contributed by atoms with E-state index < -0.39 is 0 Å². The van der Waals surface area contributed by atoms with Gasteiger partial charge < -0.3 is 5.32 Å². The molecule has 0 aromatic carbocycles. The van der Waals surface area contributed by atoms with Crippen molar-refractivity contribution in [2.24, 2.45) is 0 Å². The molecular weight excluding hydrogens is 254 g/mol. The molecule has 2 aromatic rings. The van der Waals surface area contributed by atoms with Gasteiger partial charge in [-0.25, -0.2) is 9.97 Å². The van der Waals surface area contributed by atoms with Crippen LogP contribution in [0.15, 0.2) is 17.8 Å². The number of rotatable bonds is 6. The molecule has 4 heteroatoms. The summed E-state index contributed by atoms with van der Waals surface area (Å²) in [6.07, 6.45) is 4.89. The van der Waals surface area contributed by atoms with Crippen LogP contribution in [0.1, 0.15) is 37.8 Å². The highest BCUT2D eigenvalue weighted by Crippen LogP contribution is 2.33. The maximum atomic E-state index is 4.53. The Labute approximate surface area is 119 Å². The van der Waals surface area contributed by atoms with Crippen molar-refractivity contribution in [2.45, 2.75) is 40.0 Å². The van der Waals surface area contributed by atoms with Crippen molar-refractivity contribution < 1.29 is 0 Å². The van der Waals surface area contributed by atoms with Gasteiger partial charge in [-0.1, -0.05) is 20.3 Å². The summed E-state index contributed by atoms with van der Waals surface area (Å²) in [5, 5.41) is 5.55. The minimum absolute atomic E-state index is 0.955. The molecule has 2 aromatic heterocycles. The summed E-state index contributed by atoms with van der Waals surface area (Å²) < 4.78 is 0. The van der Waals surface area contributed by atoms with E-state index in [1.165, 1.54) is 16.0 Å². The molecule has 1 N–H and O–H groups in total. The zero-order valence-electron chi connectivity index (χ0n) is 11.9. The highest BCUT2D eigenvalue weighted by atomic mass is 32.1. The third-order valence-electron chi connectivity index (χ3n) is 3.06. The average Bonchev–Trinajstić information content (AvgIpc) is 2.84. The summed E-state index contributed by atoms with van der Waals surface area (Å²) in [7, 11) is 0. The molecule has 0 unspecified atom stereocenters. The number of nitrogens with one attached hydrogen (secondary N) is 1. The van der Waals surface area contributed by atoms with Gasteiger partial charge in [0.05, 0.1) is 10.6 Å². The molecule has 0 spiro atoms. The van der Waals surface area contributed by atoms with Crippen LogP contribution < -0.4 is 5.32 Å². The van der Waals surface area contributed by atoms with Crippen molar-refractivity contribution in [1.29, 1.82) is 0 Å². The molecule has 0 bridgehead atoms. The lowest BCUT2D eigenvalue weighted by molar-refractivity contribution is 0.892. The van der Waals surface area contributed by atoms with Gasteiger partial charge in [-0.15, -0.1) is 11.3 Å². The maximum absolute atomic E-state index is 4.53. The van der Waals surface area contributed by atoms with Gasteiger partial charge in [0.2, 0.25) is 0 Å². The highest BCUT2D eigenvalue weighted by molar-refractivity contribution is 7.13. The Morgan fingerprint density at radius 3 is 2.68 bits per heavy atom. The smallest absolute Gasteiger partial charge is 0.133 e. The number of aromatic nitrogens is 2. The topological polar surface area (TPSA) is 37.8 Å². The summed E-state index contributed by atoms with van der Waals surface area (Å²) in [6, 6.07) is 2.15. The van der Waals surface area contributed by atoms with Crippen LogP contribution in [0.4, 0.5) is 5.82 Å². The SMILES string of the molecule is CCCNc1ncnc(-c2sccc2C)c1CCC. The molecule has 2 rings (SSSR count). The lowest BCUT2D eigenvalue weighted by Crippen LogP contribution is -2.07. The normalized spacial score (nSPS) is 10.7. The minimum atomic E-state index is 0.955. The summed E-state index contributed by atoms with van der Waals surface area (Å²) in [6.45, 7) is 7.46. The van der Waals surface area contributed by atoms with Crippen molar-refractivity contribution in [2.75, 3.05) is 11.9 Å². The number of hydrogen-bond acceptors (Lipinski definition) is 4. The van der Waals surface area contributed by atoms with Crippen LogP contribution in [-0.4, -0.2) is 16.5 Å². The van der Waals surface area contributed by atoms with E-state index >= 15 is 0 Å². The number of aryl methyl sites for hydroxylation is 1. The van der Waals surface area contributed by atoms with Crippen LogP contribution in [0.5, 0.6) is 0 Å². The molecular formula is C15H21N3S. The quantitative estimate of drug-likeness (QED) is 0.854. The highest BCUT2D eigenvalue weighted by Gasteiger charge is 2.14. The van der Waals surface area contributed by atoms with E-state index in [1.54, 1.807) is 17.7 Å². The fourth-order valence-electron chi connectivity index (χ4n) is 2.11. The van der Waals surface area contributed by atoms with Crippen LogP contribution >= 0.6 is 11.3 Å². The second-order valence-electron chi connectivity index (χ2n) is 4.66. The molecule has 0 saturated carbocycles. The van der Waals surface area contributed by atoms with E-state index in [0.717, 1.165) is 37.3 Å². The monoisotopic (exact) mass is 275 g/mol. The Hall–Kier alpha value is -1.42. The molecule has 0 fully saturated rings. The van der Waals surface area contributed by atoms with Crippen LogP contribution in [0.25, 0.3) is 10.6 Å². The average molecular weight is 275 g/mol. The number of hydrogen-bond donors (Lipinski definition) is 1. The van der Waals surface area contributed by atoms with Gasteiger partial charge in [0, 0.05) is 12.1 Å². The van der Waals surface area contributed by atoms with E-state index in [-0.39, 0.29) is 0 Å². The van der Waals surface area contributed by atoms with Gasteiger partial charge in [-0.05, 0) is 36.8 Å². The van der Waals surface area contributed by atoms with Gasteiger partial charge in [-0.2, -0.15) is 0 Å². The Morgan fingerprint density at radius 2 is 2.05 bits per heavy atom. The Bertz CT molecular complexity index is 534. The fraction of sp³-hybridized carbons (Fsp3) is 0.467. The first-order valence-corrected chi connectivity index (χ1v) is 7.78. The van der Waals surface area contributed by atoms with Crippen molar-refractivity contribution in [1.82, 2.24) is 9.97 Å². The predicted octanol–water partition coefficient (Wildman–Crippen LogP) is 4.29. The Kier molecular flexibility index (Phi) is 4.91. The van der Waals surface area contributed by atoms with Gasteiger partial charge in [0.25, 0.3) is 0 Å². The van der Waals surface area contributed by atoms with E-state index in [0.29, 0.717) is 0 Å². The molecule has 2 heterocycles. The van der Waals surface area contributed by atoms with Gasteiger partial charge in [-0.3, -0.25) is 0 Å². The fourth-order valence-corrected chi connectivity index (χ4v) is 3.06. The molecule has 0 saturated heterocycles. The van der Waals surface area contributed by atoms with Crippen LogP contribution in [0.2, 0.25) is 0 Å². The first kappa shape index (κ1) is 14.0. The zero-order valence-corrected chi connectivity index (χ0v) is 12.7. The van der Waals surface area contributed by atoms with Gasteiger partial charge in [0.1, 0.15) is 12.1 Å². The third-order valence-corrected chi connectivity index (χ3v) is 4.09. The van der Waals surface area contributed by atoms with Crippen LogP contribution in [-0.2, 0) is 6.42 Å². The van der Waals surface area contributed by atoms with E-state index in [1.807, 2.05) is 0 Å². The summed E-state index contributed by atoms with van der Waals surface area (Å²) >= 11 is 1.76. The van der Waals surface area contributed by atoms with Gasteiger partial charge >= 0.3 is 0 Å². The first-order chi connectivity index (χ1) is 9.27. The summed E-state index contributed by atoms with van der Waals surface area (Å²) in [5.74, 6) is 1.00. The first-order valence-electron chi connectivity index (χ1n) is 6.90. The maximum Gasteiger partial charge on any atom is 0.133 e. The number of anilines is 1. The predicted molar refractivity (Wildman–Crippen MR) is 82.9 cm³/mol. The van der Waals surface area contributed by atoms with Crippen molar-refractivity contribution in [3.63, 3.8) is 0 Å². The van der Waals surface area contributed by atoms with Crippen LogP contribution in [0.3, 0.4) is 0 Å². The largest absolute Gasteiger partial charge is 0.370 e. The third kappa shape index (κ3) is 3.13. The van der Waals surface area contributed by atoms with E-state index in [9.17, 15) is 0 Å². The second-order valence-corrected chi connectivity index (χ2v) is 5.58. The summed E-state index contributed by atoms with van der Waals surface area (Å²) in [4.78, 5) is 10.2. The second kappa shape index (κ2) is 6.66. The molecule has 19 heavy (non-hydrogen) atoms. The van der Waals surface area contributed by atoms with Crippen molar-refractivity contribution >= 4 is 17.2 Å². The standard InChI is InChI=1S/C15H21N3S/c1-4-6-12-13(14-11(3)7-9-19-14)17-10-18-15(12)16-8-5-2/h7,9-10H,4-6,8H2,1-3H3,(H,16,17,18). The zero-order chi connectivity index (χ0) is 13.7. The molecule has 0 atom stereocenters. The number of nitrogens with zero attached hydrogens (tertiary/aromatic N) is 2. The van der Waals surface area contributed by atoms with E-state index in [4.69, 9.17) is 0 Å². The van der Waals surface area contributed by atoms with Crippen molar-refractivity contribution in [3.05, 3.63) is 28.9 Å². The Morgan fingerprint density at radius 1 is 1.21 bits per heavy atom. The van der Waals surface area contributed by atoms with Crippen LogP contribution in [0, 0.1) is 6.92 Å². The number of thiophene rings is 1. The molecule has 102 valence electrons. The van der Waals surface area contributed by atoms with Gasteiger partial charge in [0.15, 0.2) is 0 Å². The Balaban J connectivity index is 2.45. The molecule has 0 radical (unpaired) electrons. The molecule has 3 nitrogen and oxygen atoms in total. The minimum Gasteiger partial charge on any atom is -0.370 e. The van der Waals surface area contributed by atoms with Crippen molar-refractivity contribution in [3.8, 4) is 10.6 Å². The molecule has 0 aliphatic carbocycles. The summed E-state index contributed by atoms with van der Waals surface area (Å²) in [5.41, 5.74) is 3.65. The molecule has 0 amide bonds. The lowest BCUT2D eigenvalue weighted by atomic mass is 10.1. The molecule has 0 aliphatic heterocycles. The molecule has 0 aliphatic rings.